The lowest BCUT2D eigenvalue weighted by Crippen LogP contribution is -2.46. The Morgan fingerprint density at radius 1 is 1.23 bits per heavy atom. The number of carbonyl (C=O) groups is 1. The highest BCUT2D eigenvalue weighted by molar-refractivity contribution is 5.74. The van der Waals surface area contributed by atoms with Gasteiger partial charge in [-0.15, -0.1) is 0 Å². The molecule has 0 radical (unpaired) electrons. The number of urea groups is 1. The quantitative estimate of drug-likeness (QED) is 0.649. The number of ether oxygens (including phenoxy) is 1. The minimum absolute atomic E-state index is 0.0224. The number of carbonyl (C=O) groups excluding carboxylic acids is 1. The van der Waals surface area contributed by atoms with Crippen molar-refractivity contribution in [1.29, 1.82) is 0 Å². The summed E-state index contributed by atoms with van der Waals surface area (Å²) in [6.07, 6.45) is 1.71. The summed E-state index contributed by atoms with van der Waals surface area (Å²) in [6, 6.07) is 15.9. The van der Waals surface area contributed by atoms with Crippen molar-refractivity contribution in [2.45, 2.75) is 24.8 Å². The summed E-state index contributed by atoms with van der Waals surface area (Å²) in [6.45, 7) is 1.92. The second-order valence-electron chi connectivity index (χ2n) is 8.22. The fraction of sp³-hybridized carbons (Fsp3) is 0.417. The van der Waals surface area contributed by atoms with E-state index in [0.29, 0.717) is 19.6 Å². The van der Waals surface area contributed by atoms with Gasteiger partial charge in [-0.25, -0.2) is 9.78 Å². The molecule has 31 heavy (non-hydrogen) atoms. The number of para-hydroxylation sites is 2. The number of benzene rings is 2. The molecule has 1 saturated heterocycles. The standard InChI is InChI=1S/C24H30N4O3/c1-27(2)21(18-7-6-8-19(15-18)30-3)16-25-24(29)28-13-11-17(12-14-28)23-26-20-9-4-5-10-22(20)31-23/h4-10,15,17,21H,11-14,16H2,1-3H3,(H,25,29). The molecule has 0 saturated carbocycles. The Labute approximate surface area is 183 Å². The third kappa shape index (κ3) is 4.82. The van der Waals surface area contributed by atoms with Gasteiger partial charge in [-0.1, -0.05) is 24.3 Å². The highest BCUT2D eigenvalue weighted by Crippen LogP contribution is 2.30. The summed E-state index contributed by atoms with van der Waals surface area (Å²) in [7, 11) is 5.69. The second-order valence-corrected chi connectivity index (χ2v) is 8.22. The van der Waals surface area contributed by atoms with Crippen LogP contribution in [0.2, 0.25) is 0 Å². The lowest BCUT2D eigenvalue weighted by molar-refractivity contribution is 0.173. The predicted molar refractivity (Wildman–Crippen MR) is 120 cm³/mol. The van der Waals surface area contributed by atoms with Crippen molar-refractivity contribution in [3.05, 3.63) is 60.0 Å². The van der Waals surface area contributed by atoms with Gasteiger partial charge >= 0.3 is 6.03 Å². The molecule has 7 heteroatoms. The Balaban J connectivity index is 1.32. The van der Waals surface area contributed by atoms with Crippen LogP contribution >= 0.6 is 0 Å². The number of nitrogens with zero attached hydrogens (tertiary/aromatic N) is 3. The lowest BCUT2D eigenvalue weighted by atomic mass is 9.97. The van der Waals surface area contributed by atoms with Gasteiger partial charge in [0.1, 0.15) is 11.3 Å². The molecule has 1 N–H and O–H groups in total. The maximum atomic E-state index is 12.8. The lowest BCUT2D eigenvalue weighted by Gasteiger charge is -2.32. The minimum atomic E-state index is -0.0224. The molecule has 1 fully saturated rings. The number of aromatic nitrogens is 1. The van der Waals surface area contributed by atoms with E-state index in [-0.39, 0.29) is 18.0 Å². The number of methoxy groups -OCH3 is 1. The van der Waals surface area contributed by atoms with Gasteiger partial charge in [0.05, 0.1) is 13.2 Å². The summed E-state index contributed by atoms with van der Waals surface area (Å²) in [5, 5.41) is 3.11. The molecule has 1 atom stereocenters. The largest absolute Gasteiger partial charge is 0.497 e. The number of hydrogen-bond donors (Lipinski definition) is 1. The zero-order valence-corrected chi connectivity index (χ0v) is 18.4. The van der Waals surface area contributed by atoms with Crippen LogP contribution in [0, 0.1) is 0 Å². The van der Waals surface area contributed by atoms with Gasteiger partial charge in [-0.05, 0) is 56.8 Å². The Morgan fingerprint density at radius 3 is 2.71 bits per heavy atom. The van der Waals surface area contributed by atoms with Crippen molar-refractivity contribution < 1.29 is 13.9 Å². The molecule has 1 aliphatic rings. The van der Waals surface area contributed by atoms with Crippen LogP contribution in [0.3, 0.4) is 0 Å². The maximum Gasteiger partial charge on any atom is 0.317 e. The van der Waals surface area contributed by atoms with Gasteiger partial charge in [-0.2, -0.15) is 0 Å². The van der Waals surface area contributed by atoms with Crippen LogP contribution in [-0.4, -0.2) is 61.7 Å². The number of hydrogen-bond acceptors (Lipinski definition) is 5. The van der Waals surface area contributed by atoms with Crippen LogP contribution in [0.15, 0.2) is 52.9 Å². The van der Waals surface area contributed by atoms with Crippen molar-refractivity contribution in [2.24, 2.45) is 0 Å². The molecule has 1 aliphatic heterocycles. The summed E-state index contributed by atoms with van der Waals surface area (Å²) < 4.78 is 11.3. The Kier molecular flexibility index (Phi) is 6.42. The third-order valence-corrected chi connectivity index (χ3v) is 5.99. The zero-order chi connectivity index (χ0) is 21.8. The molecule has 164 valence electrons. The smallest absolute Gasteiger partial charge is 0.317 e. The van der Waals surface area contributed by atoms with E-state index in [1.807, 2.05) is 61.5 Å². The predicted octanol–water partition coefficient (Wildman–Crippen LogP) is 4.03. The molecule has 0 aliphatic carbocycles. The molecule has 0 bridgehead atoms. The molecule has 3 aromatic rings. The van der Waals surface area contributed by atoms with Gasteiger partial charge in [0.25, 0.3) is 0 Å². The van der Waals surface area contributed by atoms with Crippen molar-refractivity contribution >= 4 is 17.1 Å². The topological polar surface area (TPSA) is 70.8 Å². The second kappa shape index (κ2) is 9.39. The molecule has 2 aromatic carbocycles. The fourth-order valence-electron chi connectivity index (χ4n) is 4.14. The monoisotopic (exact) mass is 422 g/mol. The van der Waals surface area contributed by atoms with E-state index >= 15 is 0 Å². The number of fused-ring (bicyclic) bond motifs is 1. The average Bonchev–Trinajstić information content (AvgIpc) is 3.23. The van der Waals surface area contributed by atoms with Crippen LogP contribution < -0.4 is 10.1 Å². The third-order valence-electron chi connectivity index (χ3n) is 5.99. The van der Waals surface area contributed by atoms with E-state index in [9.17, 15) is 4.79 Å². The average molecular weight is 423 g/mol. The van der Waals surface area contributed by atoms with E-state index in [4.69, 9.17) is 9.15 Å². The number of amides is 2. The van der Waals surface area contributed by atoms with Crippen LogP contribution in [0.4, 0.5) is 4.79 Å². The van der Waals surface area contributed by atoms with Crippen molar-refractivity contribution in [3.8, 4) is 5.75 Å². The van der Waals surface area contributed by atoms with Crippen LogP contribution in [-0.2, 0) is 0 Å². The molecule has 1 unspecified atom stereocenters. The first-order valence-electron chi connectivity index (χ1n) is 10.7. The highest BCUT2D eigenvalue weighted by Gasteiger charge is 2.27. The maximum absolute atomic E-state index is 12.8. The van der Waals surface area contributed by atoms with Crippen molar-refractivity contribution in [1.82, 2.24) is 20.1 Å². The first-order chi connectivity index (χ1) is 15.0. The van der Waals surface area contributed by atoms with Gasteiger partial charge < -0.3 is 24.3 Å². The molecular formula is C24H30N4O3. The van der Waals surface area contributed by atoms with Crippen molar-refractivity contribution in [3.63, 3.8) is 0 Å². The first-order valence-corrected chi connectivity index (χ1v) is 10.7. The molecule has 2 heterocycles. The molecule has 1 aromatic heterocycles. The molecule has 7 nitrogen and oxygen atoms in total. The van der Waals surface area contributed by atoms with E-state index < -0.39 is 0 Å². The minimum Gasteiger partial charge on any atom is -0.497 e. The number of nitrogens with one attached hydrogen (secondary N) is 1. The van der Waals surface area contributed by atoms with Crippen LogP contribution in [0.5, 0.6) is 5.75 Å². The number of oxazole rings is 1. The number of likely N-dealkylation sites (tertiary alicyclic amines) is 1. The number of piperidine rings is 1. The van der Waals surface area contributed by atoms with Gasteiger partial charge in [0.2, 0.25) is 0 Å². The Bertz CT molecular complexity index is 991. The SMILES string of the molecule is COc1cccc(C(CNC(=O)N2CCC(c3nc4ccccc4o3)CC2)N(C)C)c1. The zero-order valence-electron chi connectivity index (χ0n) is 18.4. The van der Waals surface area contributed by atoms with Gasteiger partial charge in [0, 0.05) is 25.6 Å². The summed E-state index contributed by atoms with van der Waals surface area (Å²) in [5.41, 5.74) is 2.83. The van der Waals surface area contributed by atoms with Gasteiger partial charge in [0.15, 0.2) is 11.5 Å². The molecule has 0 spiro atoms. The molecule has 4 rings (SSSR count). The van der Waals surface area contributed by atoms with E-state index in [1.165, 1.54) is 0 Å². The van der Waals surface area contributed by atoms with E-state index in [1.54, 1.807) is 7.11 Å². The number of rotatable bonds is 6. The summed E-state index contributed by atoms with van der Waals surface area (Å²) >= 11 is 0. The number of likely N-dealkylation sites (N-methyl/N-ethyl adjacent to an activating group) is 1. The Morgan fingerprint density at radius 2 is 2.00 bits per heavy atom. The van der Waals surface area contributed by atoms with Crippen LogP contribution in [0.1, 0.15) is 36.3 Å². The Hall–Kier alpha value is -3.06. The highest BCUT2D eigenvalue weighted by atomic mass is 16.5. The molecular weight excluding hydrogens is 392 g/mol. The van der Waals surface area contributed by atoms with E-state index in [2.05, 4.69) is 21.3 Å². The normalized spacial score (nSPS) is 15.9. The van der Waals surface area contributed by atoms with Gasteiger partial charge in [-0.3, -0.25) is 0 Å². The summed E-state index contributed by atoms with van der Waals surface area (Å²) in [5.74, 6) is 1.85. The van der Waals surface area contributed by atoms with Crippen molar-refractivity contribution in [2.75, 3.05) is 40.8 Å². The molecule has 2 amide bonds. The summed E-state index contributed by atoms with van der Waals surface area (Å²) in [4.78, 5) is 21.4. The van der Waals surface area contributed by atoms with Crippen LogP contribution in [0.25, 0.3) is 11.1 Å². The first kappa shape index (κ1) is 21.2. The fourth-order valence-corrected chi connectivity index (χ4v) is 4.14. The van der Waals surface area contributed by atoms with E-state index in [0.717, 1.165) is 41.1 Å².